The van der Waals surface area contributed by atoms with Gasteiger partial charge in [-0.2, -0.15) is 0 Å². The van der Waals surface area contributed by atoms with Gasteiger partial charge >= 0.3 is 0 Å². The molecule has 0 aliphatic heterocycles. The minimum Gasteiger partial charge on any atom is -0.311 e. The number of hydrogen-bond donors (Lipinski definition) is 0. The van der Waals surface area contributed by atoms with E-state index in [9.17, 15) is 0 Å². The van der Waals surface area contributed by atoms with Crippen LogP contribution >= 0.6 is 22.7 Å². The summed E-state index contributed by atoms with van der Waals surface area (Å²) in [5.41, 5.74) is 34.0. The average molecular weight is 1500 g/mol. The lowest BCUT2D eigenvalue weighted by Gasteiger charge is -2.28. The molecule has 4 heteroatoms. The van der Waals surface area contributed by atoms with Gasteiger partial charge in [-0.25, -0.2) is 0 Å². The van der Waals surface area contributed by atoms with Gasteiger partial charge in [0.1, 0.15) is 0 Å². The van der Waals surface area contributed by atoms with E-state index >= 15 is 0 Å². The van der Waals surface area contributed by atoms with E-state index in [0.29, 0.717) is 0 Å². The second-order valence-electron chi connectivity index (χ2n) is 30.3. The topological polar surface area (TPSA) is 6.48 Å². The van der Waals surface area contributed by atoms with Crippen LogP contribution in [-0.2, 0) is 5.41 Å². The number of fused-ring (bicyclic) bond motifs is 9. The zero-order valence-electron chi connectivity index (χ0n) is 63.8. The van der Waals surface area contributed by atoms with E-state index in [1.807, 2.05) is 22.7 Å². The molecule has 0 N–H and O–H groups in total. The Hall–Kier alpha value is -14.0. The lowest BCUT2D eigenvalue weighted by atomic mass is 9.82. The standard InChI is InChI=1S/C57H41NS.C54H37NS/c1-57(2)53-19-11-9-17-48(53)49-34-33-47(37-54(49)57)58(45-29-25-41(26-30-45)39-15-7-4-8-16-39)46-31-27-42(28-32-46)44-35-51(56-52(36-44)50-18-10-12-20-55(50)59-56)43-23-21-40(22-24-43)38-13-5-3-6-14-38;1-4-12-38(13-5-1)41-20-22-45(23-21-41)51-36-46(37-52-50-18-10-11-19-53(50)56-54(51)52)44-28-34-49(35-29-44)55(47-30-24-42(25-31-47)39-14-6-2-7-15-39)48-32-26-43(27-33-48)40-16-8-3-9-17-40/h3-37H,1-2H3;1-37H. The second kappa shape index (κ2) is 30.2. The van der Waals surface area contributed by atoms with Crippen molar-refractivity contribution in [1.29, 1.82) is 0 Å². The zero-order valence-corrected chi connectivity index (χ0v) is 65.4. The quantitative estimate of drug-likeness (QED) is 0.101. The summed E-state index contributed by atoms with van der Waals surface area (Å²) in [6.45, 7) is 4.71. The number of nitrogens with zero attached hydrogens (tertiary/aromatic N) is 2. The normalized spacial score (nSPS) is 12.0. The molecule has 2 aromatic heterocycles. The smallest absolute Gasteiger partial charge is 0.0465 e. The minimum atomic E-state index is -0.0985. The van der Waals surface area contributed by atoms with Gasteiger partial charge in [0, 0.05) is 91.0 Å². The number of hydrogen-bond acceptors (Lipinski definition) is 4. The van der Waals surface area contributed by atoms with Crippen LogP contribution in [0.5, 0.6) is 0 Å². The molecule has 0 amide bonds. The predicted molar refractivity (Wildman–Crippen MR) is 495 cm³/mol. The summed E-state index contributed by atoms with van der Waals surface area (Å²) in [6, 6.07) is 159. The van der Waals surface area contributed by atoms with Gasteiger partial charge in [-0.05, 0) is 220 Å². The summed E-state index contributed by atoms with van der Waals surface area (Å²) >= 11 is 3.77. The molecule has 0 fully saturated rings. The van der Waals surface area contributed by atoms with E-state index in [1.54, 1.807) is 0 Å². The largest absolute Gasteiger partial charge is 0.311 e. The molecule has 21 rings (SSSR count). The van der Waals surface area contributed by atoms with Gasteiger partial charge in [0.2, 0.25) is 0 Å². The van der Waals surface area contributed by atoms with Crippen LogP contribution in [-0.4, -0.2) is 0 Å². The van der Waals surface area contributed by atoms with Gasteiger partial charge in [0.15, 0.2) is 0 Å². The first-order chi connectivity index (χ1) is 56.7. The van der Waals surface area contributed by atoms with Crippen LogP contribution in [0.15, 0.2) is 437 Å². The summed E-state index contributed by atoms with van der Waals surface area (Å²) < 4.78 is 5.27. The molecule has 1 aliphatic carbocycles. The third kappa shape index (κ3) is 13.6. The SMILES string of the molecule is CC1(C)c2ccccc2-c2ccc(N(c3ccc(-c4ccccc4)cc3)c3ccc(-c4cc(-c5ccc(-c6ccccc6)cc5)c5sc6ccccc6c5c4)cc3)cc21.c1ccc(-c2ccc(-c3cc(-c4ccc(N(c5ccc(-c6ccccc6)cc5)c5ccc(-c6ccccc6)cc5)cc4)cc4c3sc3ccccc34)cc2)cc1. The Bertz CT molecular complexity index is 6800. The fourth-order valence-electron chi connectivity index (χ4n) is 17.0. The third-order valence-electron chi connectivity index (χ3n) is 23.0. The van der Waals surface area contributed by atoms with Crippen LogP contribution in [0.4, 0.5) is 34.1 Å². The predicted octanol–water partition coefficient (Wildman–Crippen LogP) is 32.4. The molecule has 0 spiro atoms. The summed E-state index contributed by atoms with van der Waals surface area (Å²) in [6.07, 6.45) is 0. The Morgan fingerprint density at radius 2 is 0.426 bits per heavy atom. The van der Waals surface area contributed by atoms with Crippen LogP contribution in [0, 0.1) is 0 Å². The molecule has 0 bridgehead atoms. The van der Waals surface area contributed by atoms with Crippen molar-refractivity contribution in [3.8, 4) is 111 Å². The van der Waals surface area contributed by atoms with E-state index in [-0.39, 0.29) is 5.41 Å². The monoisotopic (exact) mass is 1500 g/mol. The van der Waals surface area contributed by atoms with Gasteiger partial charge < -0.3 is 9.80 Å². The fraction of sp³-hybridized carbons (Fsp3) is 0.0270. The molecule has 2 heterocycles. The van der Waals surface area contributed by atoms with Crippen LogP contribution in [0.1, 0.15) is 25.0 Å². The Labute approximate surface area is 680 Å². The van der Waals surface area contributed by atoms with Crippen molar-refractivity contribution in [2.45, 2.75) is 19.3 Å². The third-order valence-corrected chi connectivity index (χ3v) is 25.4. The van der Waals surface area contributed by atoms with E-state index in [1.165, 1.54) is 163 Å². The summed E-state index contributed by atoms with van der Waals surface area (Å²) in [5.74, 6) is 0. The first-order valence-electron chi connectivity index (χ1n) is 39.5. The zero-order chi connectivity index (χ0) is 76.8. The van der Waals surface area contributed by atoms with E-state index < -0.39 is 0 Å². The van der Waals surface area contributed by atoms with Crippen molar-refractivity contribution < 1.29 is 0 Å². The minimum absolute atomic E-state index is 0.0985. The molecule has 18 aromatic carbocycles. The maximum Gasteiger partial charge on any atom is 0.0465 e. The molecule has 1 aliphatic rings. The van der Waals surface area contributed by atoms with Gasteiger partial charge in [0.05, 0.1) is 0 Å². The molecule has 0 unspecified atom stereocenters. The highest BCUT2D eigenvalue weighted by molar-refractivity contribution is 7.26. The number of benzene rings is 18. The average Bonchev–Trinajstić information content (AvgIpc) is 1.60. The molecule has 20 aromatic rings. The summed E-state index contributed by atoms with van der Waals surface area (Å²) in [5, 5.41) is 5.21. The molecule has 0 saturated carbocycles. The molecule has 544 valence electrons. The van der Waals surface area contributed by atoms with E-state index in [0.717, 1.165) is 34.1 Å². The van der Waals surface area contributed by atoms with Crippen molar-refractivity contribution in [2.24, 2.45) is 0 Å². The number of anilines is 6. The summed E-state index contributed by atoms with van der Waals surface area (Å²) in [4.78, 5) is 4.76. The van der Waals surface area contributed by atoms with Gasteiger partial charge in [-0.3, -0.25) is 0 Å². The fourth-order valence-corrected chi connectivity index (χ4v) is 19.4. The lowest BCUT2D eigenvalue weighted by molar-refractivity contribution is 0.660. The van der Waals surface area contributed by atoms with E-state index in [2.05, 4.69) is 460 Å². The van der Waals surface area contributed by atoms with Gasteiger partial charge in [-0.1, -0.05) is 341 Å². The van der Waals surface area contributed by atoms with Crippen LogP contribution < -0.4 is 9.80 Å². The Balaban J connectivity index is 0.000000149. The molecular weight excluding hydrogens is 1430 g/mol. The second-order valence-corrected chi connectivity index (χ2v) is 32.4. The highest BCUT2D eigenvalue weighted by Crippen LogP contribution is 2.52. The Morgan fingerprint density at radius 3 is 0.774 bits per heavy atom. The Morgan fingerprint density at radius 1 is 0.174 bits per heavy atom. The molecule has 115 heavy (non-hydrogen) atoms. The molecular formula is C111H78N2S2. The first kappa shape index (κ1) is 70.1. The molecule has 0 atom stereocenters. The van der Waals surface area contributed by atoms with E-state index in [4.69, 9.17) is 0 Å². The van der Waals surface area contributed by atoms with Gasteiger partial charge in [-0.15, -0.1) is 22.7 Å². The Kier molecular flexibility index (Phi) is 18.4. The first-order valence-corrected chi connectivity index (χ1v) is 41.1. The van der Waals surface area contributed by atoms with Crippen molar-refractivity contribution in [1.82, 2.24) is 0 Å². The lowest BCUT2D eigenvalue weighted by Crippen LogP contribution is -2.16. The van der Waals surface area contributed by atoms with Crippen molar-refractivity contribution in [3.63, 3.8) is 0 Å². The highest BCUT2D eigenvalue weighted by atomic mass is 32.1. The maximum absolute atomic E-state index is 2.42. The highest BCUT2D eigenvalue weighted by Gasteiger charge is 2.36. The molecule has 0 radical (unpaired) electrons. The van der Waals surface area contributed by atoms with Crippen molar-refractivity contribution >= 4 is 97.1 Å². The van der Waals surface area contributed by atoms with Gasteiger partial charge in [0.25, 0.3) is 0 Å². The van der Waals surface area contributed by atoms with Crippen molar-refractivity contribution in [2.75, 3.05) is 9.80 Å². The maximum atomic E-state index is 2.42. The van der Waals surface area contributed by atoms with Crippen LogP contribution in [0.3, 0.4) is 0 Å². The number of rotatable bonds is 15. The number of thiophene rings is 2. The van der Waals surface area contributed by atoms with Crippen molar-refractivity contribution in [3.05, 3.63) is 448 Å². The van der Waals surface area contributed by atoms with Crippen LogP contribution in [0.2, 0.25) is 0 Å². The summed E-state index contributed by atoms with van der Waals surface area (Å²) in [7, 11) is 0. The molecule has 2 nitrogen and oxygen atoms in total. The molecule has 0 saturated heterocycles. The van der Waals surface area contributed by atoms with Crippen LogP contribution in [0.25, 0.3) is 152 Å².